The Labute approximate surface area is 160 Å². The summed E-state index contributed by atoms with van der Waals surface area (Å²) in [4.78, 5) is 34.9. The van der Waals surface area contributed by atoms with E-state index in [9.17, 15) is 19.7 Å². The minimum Gasteiger partial charge on any atom is -0.324 e. The number of nitro groups is 1. The zero-order chi connectivity index (χ0) is 20.3. The molecule has 0 aliphatic carbocycles. The molecule has 0 spiro atoms. The zero-order valence-corrected chi connectivity index (χ0v) is 15.3. The molecule has 2 aromatic carbocycles. The third-order valence-electron chi connectivity index (χ3n) is 4.26. The molecule has 0 bridgehead atoms. The molecular weight excluding hydrogens is 360 g/mol. The molecule has 8 heteroatoms. The van der Waals surface area contributed by atoms with Gasteiger partial charge in [0, 0.05) is 29.4 Å². The van der Waals surface area contributed by atoms with Crippen LogP contribution in [0.3, 0.4) is 0 Å². The lowest BCUT2D eigenvalue weighted by atomic mass is 10.1. The Bertz CT molecular complexity index is 1070. The summed E-state index contributed by atoms with van der Waals surface area (Å²) in [6.45, 7) is 3.54. The Balaban J connectivity index is 1.82. The first-order valence-corrected chi connectivity index (χ1v) is 8.57. The van der Waals surface area contributed by atoms with E-state index in [2.05, 4.69) is 10.4 Å². The van der Waals surface area contributed by atoms with Gasteiger partial charge in [-0.05, 0) is 32.0 Å². The van der Waals surface area contributed by atoms with Gasteiger partial charge in [-0.25, -0.2) is 4.68 Å². The number of hydrogen-bond acceptors (Lipinski definition) is 5. The number of rotatable bonds is 5. The first-order chi connectivity index (χ1) is 13.3. The van der Waals surface area contributed by atoms with Crippen molar-refractivity contribution in [1.82, 2.24) is 9.78 Å². The van der Waals surface area contributed by atoms with Crippen LogP contribution in [-0.2, 0) is 4.79 Å². The van der Waals surface area contributed by atoms with Crippen molar-refractivity contribution in [2.45, 2.75) is 19.9 Å². The first-order valence-electron chi connectivity index (χ1n) is 8.57. The zero-order valence-electron chi connectivity index (χ0n) is 15.3. The Kier molecular flexibility index (Phi) is 5.30. The molecule has 8 nitrogen and oxygen atoms in total. The molecule has 142 valence electrons. The van der Waals surface area contributed by atoms with E-state index in [1.54, 1.807) is 13.0 Å². The van der Waals surface area contributed by atoms with Crippen LogP contribution in [0.1, 0.15) is 18.5 Å². The second-order valence-electron chi connectivity index (χ2n) is 6.34. The topological polar surface area (TPSA) is 107 Å². The average molecular weight is 378 g/mol. The minimum atomic E-state index is -0.868. The second-order valence-corrected chi connectivity index (χ2v) is 6.34. The fraction of sp³-hybridized carbons (Fsp3) is 0.150. The predicted molar refractivity (Wildman–Crippen MR) is 105 cm³/mol. The molecule has 3 rings (SSSR count). The third kappa shape index (κ3) is 4.12. The number of carbonyl (C=O) groups excluding carboxylic acids is 1. The molecule has 1 N–H and O–H groups in total. The Morgan fingerprint density at radius 2 is 1.71 bits per heavy atom. The number of nitrogens with zero attached hydrogens (tertiary/aromatic N) is 3. The van der Waals surface area contributed by atoms with Gasteiger partial charge in [0.2, 0.25) is 5.91 Å². The van der Waals surface area contributed by atoms with E-state index in [0.717, 1.165) is 15.8 Å². The van der Waals surface area contributed by atoms with Crippen molar-refractivity contribution in [3.8, 4) is 11.3 Å². The van der Waals surface area contributed by atoms with Gasteiger partial charge in [-0.2, -0.15) is 5.10 Å². The molecule has 0 fully saturated rings. The molecule has 0 aliphatic heterocycles. The molecule has 0 radical (unpaired) electrons. The van der Waals surface area contributed by atoms with Crippen molar-refractivity contribution in [2.24, 2.45) is 0 Å². The maximum atomic E-state index is 12.5. The summed E-state index contributed by atoms with van der Waals surface area (Å²) >= 11 is 0. The summed E-state index contributed by atoms with van der Waals surface area (Å²) in [5, 5.41) is 17.7. The van der Waals surface area contributed by atoms with Crippen LogP contribution in [0.5, 0.6) is 0 Å². The summed E-state index contributed by atoms with van der Waals surface area (Å²) in [5.74, 6) is -0.454. The van der Waals surface area contributed by atoms with Crippen LogP contribution in [0, 0.1) is 17.0 Å². The molecular formula is C20H18N4O4. The summed E-state index contributed by atoms with van der Waals surface area (Å²) in [6.07, 6.45) is 0. The third-order valence-corrected chi connectivity index (χ3v) is 4.26. The van der Waals surface area contributed by atoms with Crippen LogP contribution in [0.25, 0.3) is 11.3 Å². The maximum absolute atomic E-state index is 12.5. The van der Waals surface area contributed by atoms with Gasteiger partial charge in [-0.3, -0.25) is 19.7 Å². The van der Waals surface area contributed by atoms with Gasteiger partial charge >= 0.3 is 0 Å². The smallest absolute Gasteiger partial charge is 0.269 e. The monoisotopic (exact) mass is 378 g/mol. The molecule has 0 saturated heterocycles. The van der Waals surface area contributed by atoms with E-state index in [4.69, 9.17) is 0 Å². The highest BCUT2D eigenvalue weighted by atomic mass is 16.6. The number of carbonyl (C=O) groups is 1. The molecule has 1 amide bonds. The molecule has 28 heavy (non-hydrogen) atoms. The second kappa shape index (κ2) is 7.83. The standard InChI is InChI=1S/C20H18N4O4/c1-13-3-5-15(6-4-13)18-11-12-19(25)23(22-18)14(2)20(26)21-16-7-9-17(10-8-16)24(27)28/h3-12,14H,1-2H3,(H,21,26). The van der Waals surface area contributed by atoms with Gasteiger partial charge < -0.3 is 5.32 Å². The highest BCUT2D eigenvalue weighted by molar-refractivity contribution is 5.93. The quantitative estimate of drug-likeness (QED) is 0.541. The van der Waals surface area contributed by atoms with Crippen LogP contribution in [-0.4, -0.2) is 20.6 Å². The molecule has 1 aromatic heterocycles. The van der Waals surface area contributed by atoms with Gasteiger partial charge in [0.1, 0.15) is 6.04 Å². The van der Waals surface area contributed by atoms with E-state index < -0.39 is 22.4 Å². The number of nitrogens with one attached hydrogen (secondary N) is 1. The number of hydrogen-bond donors (Lipinski definition) is 1. The van der Waals surface area contributed by atoms with E-state index in [1.165, 1.54) is 30.3 Å². The summed E-state index contributed by atoms with van der Waals surface area (Å²) < 4.78 is 1.12. The number of aryl methyl sites for hydroxylation is 1. The fourth-order valence-electron chi connectivity index (χ4n) is 2.61. The van der Waals surface area contributed by atoms with Crippen molar-refractivity contribution in [1.29, 1.82) is 0 Å². The van der Waals surface area contributed by atoms with Crippen molar-refractivity contribution in [3.05, 3.63) is 86.7 Å². The van der Waals surface area contributed by atoms with E-state index >= 15 is 0 Å². The summed E-state index contributed by atoms with van der Waals surface area (Å²) in [7, 11) is 0. The van der Waals surface area contributed by atoms with Crippen LogP contribution < -0.4 is 10.9 Å². The molecule has 1 heterocycles. The first kappa shape index (κ1) is 19.0. The van der Waals surface area contributed by atoms with Crippen molar-refractivity contribution >= 4 is 17.3 Å². The van der Waals surface area contributed by atoms with Gasteiger partial charge in [-0.15, -0.1) is 0 Å². The molecule has 1 unspecified atom stereocenters. The van der Waals surface area contributed by atoms with E-state index in [1.807, 2.05) is 31.2 Å². The molecule has 0 saturated carbocycles. The molecule has 1 atom stereocenters. The maximum Gasteiger partial charge on any atom is 0.269 e. The molecule has 0 aliphatic rings. The highest BCUT2D eigenvalue weighted by Gasteiger charge is 2.18. The number of nitro benzene ring substituents is 1. The van der Waals surface area contributed by atoms with Gasteiger partial charge in [-0.1, -0.05) is 29.8 Å². The Morgan fingerprint density at radius 1 is 1.07 bits per heavy atom. The van der Waals surface area contributed by atoms with Crippen LogP contribution in [0.4, 0.5) is 11.4 Å². The van der Waals surface area contributed by atoms with E-state index in [0.29, 0.717) is 11.4 Å². The van der Waals surface area contributed by atoms with Gasteiger partial charge in [0.25, 0.3) is 11.2 Å². The summed E-state index contributed by atoms with van der Waals surface area (Å²) in [5.41, 5.74) is 2.44. The Morgan fingerprint density at radius 3 is 2.32 bits per heavy atom. The largest absolute Gasteiger partial charge is 0.324 e. The average Bonchev–Trinajstić information content (AvgIpc) is 2.69. The predicted octanol–water partition coefficient (Wildman–Crippen LogP) is 3.33. The lowest BCUT2D eigenvalue weighted by Gasteiger charge is -2.15. The molecule has 3 aromatic rings. The number of amides is 1. The highest BCUT2D eigenvalue weighted by Crippen LogP contribution is 2.18. The van der Waals surface area contributed by atoms with Gasteiger partial charge in [0.05, 0.1) is 10.6 Å². The normalized spacial score (nSPS) is 11.6. The van der Waals surface area contributed by atoms with Crippen molar-refractivity contribution in [2.75, 3.05) is 5.32 Å². The SMILES string of the molecule is Cc1ccc(-c2ccc(=O)n(C(C)C(=O)Nc3ccc([N+](=O)[O-])cc3)n2)cc1. The van der Waals surface area contributed by atoms with Crippen molar-refractivity contribution < 1.29 is 9.72 Å². The summed E-state index contributed by atoms with van der Waals surface area (Å²) in [6, 6.07) is 15.3. The van der Waals surface area contributed by atoms with Crippen LogP contribution in [0.15, 0.2) is 65.5 Å². The minimum absolute atomic E-state index is 0.0743. The van der Waals surface area contributed by atoms with Gasteiger partial charge in [0.15, 0.2) is 0 Å². The number of anilines is 1. The lowest BCUT2D eigenvalue weighted by Crippen LogP contribution is -2.33. The number of non-ortho nitro benzene ring substituents is 1. The van der Waals surface area contributed by atoms with E-state index in [-0.39, 0.29) is 5.69 Å². The Hall–Kier alpha value is -3.81. The number of benzene rings is 2. The van der Waals surface area contributed by atoms with Crippen LogP contribution in [0.2, 0.25) is 0 Å². The van der Waals surface area contributed by atoms with Crippen molar-refractivity contribution in [3.63, 3.8) is 0 Å². The van der Waals surface area contributed by atoms with Crippen LogP contribution >= 0.6 is 0 Å². The fourth-order valence-corrected chi connectivity index (χ4v) is 2.61. The lowest BCUT2D eigenvalue weighted by molar-refractivity contribution is -0.384. The number of aromatic nitrogens is 2.